The first-order valence-corrected chi connectivity index (χ1v) is 8.75. The van der Waals surface area contributed by atoms with Crippen LogP contribution in [0, 0.1) is 11.8 Å². The Balaban J connectivity index is 1.84. The van der Waals surface area contributed by atoms with Crippen LogP contribution in [0.3, 0.4) is 0 Å². The second-order valence-electron chi connectivity index (χ2n) is 6.79. The average Bonchev–Trinajstić information content (AvgIpc) is 2.94. The van der Waals surface area contributed by atoms with Gasteiger partial charge in [-0.05, 0) is 44.1 Å². The number of hydrogen-bond acceptors (Lipinski definition) is 4. The van der Waals surface area contributed by atoms with E-state index in [0.717, 1.165) is 43.4 Å². The van der Waals surface area contributed by atoms with Gasteiger partial charge in [-0.2, -0.15) is 4.98 Å². The van der Waals surface area contributed by atoms with Gasteiger partial charge in [-0.25, -0.2) is 0 Å². The van der Waals surface area contributed by atoms with Crippen molar-refractivity contribution in [3.8, 4) is 0 Å². The Hall–Kier alpha value is -0.900. The molecular formula is C17H31N3O. The minimum atomic E-state index is 0.515. The number of aromatic nitrogens is 2. The van der Waals surface area contributed by atoms with Gasteiger partial charge in [0.25, 0.3) is 0 Å². The number of rotatable bonds is 8. The summed E-state index contributed by atoms with van der Waals surface area (Å²) in [6.45, 7) is 5.34. The molecule has 3 atom stereocenters. The molecule has 0 saturated heterocycles. The standard InChI is InChI=1S/C17H31N3O/c1-3-5-14(10-11-18)8-9-16-19-17(20-21-16)15-7-4-6-13(2)12-15/h13-15H,3-12,18H2,1-2H3. The molecule has 4 heteroatoms. The zero-order valence-electron chi connectivity index (χ0n) is 13.7. The van der Waals surface area contributed by atoms with Crippen LogP contribution in [0.15, 0.2) is 4.52 Å². The summed E-state index contributed by atoms with van der Waals surface area (Å²) in [5.41, 5.74) is 5.69. The van der Waals surface area contributed by atoms with Crippen LogP contribution < -0.4 is 5.73 Å². The summed E-state index contributed by atoms with van der Waals surface area (Å²) in [6, 6.07) is 0. The van der Waals surface area contributed by atoms with Gasteiger partial charge in [-0.15, -0.1) is 0 Å². The van der Waals surface area contributed by atoms with Gasteiger partial charge in [0.1, 0.15) is 0 Å². The van der Waals surface area contributed by atoms with Crippen LogP contribution in [0.5, 0.6) is 0 Å². The predicted molar refractivity (Wildman–Crippen MR) is 85.1 cm³/mol. The summed E-state index contributed by atoms with van der Waals surface area (Å²) >= 11 is 0. The Labute approximate surface area is 128 Å². The van der Waals surface area contributed by atoms with Crippen molar-refractivity contribution in [3.63, 3.8) is 0 Å². The highest BCUT2D eigenvalue weighted by atomic mass is 16.5. The first kappa shape index (κ1) is 16.5. The van der Waals surface area contributed by atoms with Crippen molar-refractivity contribution in [2.75, 3.05) is 6.54 Å². The summed E-state index contributed by atoms with van der Waals surface area (Å²) in [4.78, 5) is 4.65. The molecule has 1 heterocycles. The van der Waals surface area contributed by atoms with Gasteiger partial charge in [0, 0.05) is 12.3 Å². The second-order valence-corrected chi connectivity index (χ2v) is 6.79. The lowest BCUT2D eigenvalue weighted by molar-refractivity contribution is 0.316. The Bertz CT molecular complexity index is 398. The predicted octanol–water partition coefficient (Wildman–Crippen LogP) is 4.06. The first-order chi connectivity index (χ1) is 10.2. The van der Waals surface area contributed by atoms with Crippen molar-refractivity contribution in [2.45, 2.75) is 77.6 Å². The van der Waals surface area contributed by atoms with Crippen LogP contribution in [0.2, 0.25) is 0 Å². The van der Waals surface area contributed by atoms with Crippen LogP contribution in [-0.2, 0) is 6.42 Å². The van der Waals surface area contributed by atoms with Crippen molar-refractivity contribution in [3.05, 3.63) is 11.7 Å². The van der Waals surface area contributed by atoms with E-state index in [9.17, 15) is 0 Å². The van der Waals surface area contributed by atoms with E-state index in [0.29, 0.717) is 11.8 Å². The molecule has 21 heavy (non-hydrogen) atoms. The van der Waals surface area contributed by atoms with Gasteiger partial charge in [-0.1, -0.05) is 44.7 Å². The summed E-state index contributed by atoms with van der Waals surface area (Å²) in [5, 5.41) is 4.23. The lowest BCUT2D eigenvalue weighted by atomic mass is 9.82. The molecule has 0 aromatic carbocycles. The van der Waals surface area contributed by atoms with Crippen LogP contribution in [0.25, 0.3) is 0 Å². The largest absolute Gasteiger partial charge is 0.339 e. The van der Waals surface area contributed by atoms with Gasteiger partial charge in [0.2, 0.25) is 5.89 Å². The van der Waals surface area contributed by atoms with E-state index >= 15 is 0 Å². The van der Waals surface area contributed by atoms with Crippen molar-refractivity contribution >= 4 is 0 Å². The molecule has 1 aromatic heterocycles. The fourth-order valence-corrected chi connectivity index (χ4v) is 3.61. The fourth-order valence-electron chi connectivity index (χ4n) is 3.61. The minimum Gasteiger partial charge on any atom is -0.339 e. The molecule has 0 aliphatic heterocycles. The fraction of sp³-hybridized carbons (Fsp3) is 0.882. The molecule has 1 fully saturated rings. The van der Waals surface area contributed by atoms with Gasteiger partial charge >= 0.3 is 0 Å². The van der Waals surface area contributed by atoms with E-state index in [4.69, 9.17) is 10.3 Å². The van der Waals surface area contributed by atoms with Gasteiger partial charge in [-0.3, -0.25) is 0 Å². The molecular weight excluding hydrogens is 262 g/mol. The molecule has 3 unspecified atom stereocenters. The topological polar surface area (TPSA) is 64.9 Å². The van der Waals surface area contributed by atoms with Gasteiger partial charge < -0.3 is 10.3 Å². The van der Waals surface area contributed by atoms with Crippen molar-refractivity contribution in [1.29, 1.82) is 0 Å². The third-order valence-corrected chi connectivity index (χ3v) is 4.82. The molecule has 0 bridgehead atoms. The quantitative estimate of drug-likeness (QED) is 0.785. The Morgan fingerprint density at radius 2 is 2.14 bits per heavy atom. The maximum atomic E-state index is 5.69. The third-order valence-electron chi connectivity index (χ3n) is 4.82. The lowest BCUT2D eigenvalue weighted by Gasteiger charge is -2.23. The second kappa shape index (κ2) is 8.52. The molecule has 4 nitrogen and oxygen atoms in total. The van der Waals surface area contributed by atoms with E-state index in [-0.39, 0.29) is 0 Å². The van der Waals surface area contributed by atoms with E-state index < -0.39 is 0 Å². The summed E-state index contributed by atoms with van der Waals surface area (Å²) < 4.78 is 5.47. The van der Waals surface area contributed by atoms with Crippen molar-refractivity contribution in [2.24, 2.45) is 17.6 Å². The summed E-state index contributed by atoms with van der Waals surface area (Å²) in [7, 11) is 0. The molecule has 1 aromatic rings. The molecule has 0 spiro atoms. The maximum Gasteiger partial charge on any atom is 0.226 e. The average molecular weight is 293 g/mol. The highest BCUT2D eigenvalue weighted by Crippen LogP contribution is 2.34. The maximum absolute atomic E-state index is 5.69. The monoisotopic (exact) mass is 293 g/mol. The number of aryl methyl sites for hydroxylation is 1. The summed E-state index contributed by atoms with van der Waals surface area (Å²) in [5.74, 6) is 3.78. The molecule has 120 valence electrons. The smallest absolute Gasteiger partial charge is 0.226 e. The lowest BCUT2D eigenvalue weighted by Crippen LogP contribution is -2.13. The zero-order valence-corrected chi connectivity index (χ0v) is 13.7. The van der Waals surface area contributed by atoms with Gasteiger partial charge in [0.05, 0.1) is 0 Å². The van der Waals surface area contributed by atoms with Crippen molar-refractivity contribution in [1.82, 2.24) is 10.1 Å². The van der Waals surface area contributed by atoms with E-state index in [1.807, 2.05) is 0 Å². The minimum absolute atomic E-state index is 0.515. The van der Waals surface area contributed by atoms with Crippen molar-refractivity contribution < 1.29 is 4.52 Å². The number of nitrogens with zero attached hydrogens (tertiary/aromatic N) is 2. The Morgan fingerprint density at radius 1 is 1.29 bits per heavy atom. The number of hydrogen-bond donors (Lipinski definition) is 1. The molecule has 1 saturated carbocycles. The molecule has 0 amide bonds. The molecule has 2 rings (SSSR count). The molecule has 1 aliphatic carbocycles. The Morgan fingerprint density at radius 3 is 2.86 bits per heavy atom. The highest BCUT2D eigenvalue weighted by Gasteiger charge is 2.24. The molecule has 0 radical (unpaired) electrons. The van der Waals surface area contributed by atoms with Crippen LogP contribution in [0.4, 0.5) is 0 Å². The van der Waals surface area contributed by atoms with E-state index in [1.54, 1.807) is 0 Å². The van der Waals surface area contributed by atoms with Crippen LogP contribution in [0.1, 0.15) is 82.8 Å². The normalized spacial score (nSPS) is 24.1. The Kier molecular flexibility index (Phi) is 6.68. The van der Waals surface area contributed by atoms with Gasteiger partial charge in [0.15, 0.2) is 5.82 Å². The highest BCUT2D eigenvalue weighted by molar-refractivity contribution is 4.98. The molecule has 1 aliphatic rings. The van der Waals surface area contributed by atoms with Crippen LogP contribution in [-0.4, -0.2) is 16.7 Å². The third kappa shape index (κ3) is 5.10. The SMILES string of the molecule is CCCC(CCN)CCc1nc(C2CCCC(C)C2)no1. The summed E-state index contributed by atoms with van der Waals surface area (Å²) in [6.07, 6.45) is 10.7. The van der Waals surface area contributed by atoms with Crippen LogP contribution >= 0.6 is 0 Å². The van der Waals surface area contributed by atoms with E-state index in [1.165, 1.54) is 38.5 Å². The molecule has 2 N–H and O–H groups in total. The first-order valence-electron chi connectivity index (χ1n) is 8.75. The number of nitrogens with two attached hydrogens (primary N) is 1. The van der Waals surface area contributed by atoms with E-state index in [2.05, 4.69) is 24.0 Å². The zero-order chi connectivity index (χ0) is 15.1.